The Hall–Kier alpha value is -1.16. The molecule has 4 heteroatoms. The molecule has 2 aliphatic carbocycles. The summed E-state index contributed by atoms with van der Waals surface area (Å²) in [4.78, 5) is 0. The fourth-order valence-corrected chi connectivity index (χ4v) is 4.38. The van der Waals surface area contributed by atoms with Crippen molar-refractivity contribution in [1.29, 1.82) is 0 Å². The maximum atomic E-state index is 14.6. The van der Waals surface area contributed by atoms with Gasteiger partial charge in [0, 0.05) is 17.3 Å². The average molecular weight is 336 g/mol. The maximum Gasteiger partial charge on any atom is 0.131 e. The summed E-state index contributed by atoms with van der Waals surface area (Å²) in [5.41, 5.74) is 6.60. The summed E-state index contributed by atoms with van der Waals surface area (Å²) in [6, 6.07) is 3.28. The van der Waals surface area contributed by atoms with E-state index in [4.69, 9.17) is 5.73 Å². The Labute approximate surface area is 144 Å². The molecule has 1 aromatic rings. The van der Waals surface area contributed by atoms with Crippen LogP contribution in [0.1, 0.15) is 69.8 Å². The van der Waals surface area contributed by atoms with Crippen LogP contribution in [0.4, 0.5) is 14.5 Å². The molecule has 0 spiro atoms. The van der Waals surface area contributed by atoms with Crippen molar-refractivity contribution in [2.45, 2.75) is 70.3 Å². The first kappa shape index (κ1) is 17.7. The number of hydrogen-bond acceptors (Lipinski definition) is 2. The zero-order valence-corrected chi connectivity index (χ0v) is 14.7. The molecule has 0 heterocycles. The molecule has 134 valence electrons. The highest BCUT2D eigenvalue weighted by Gasteiger charge is 2.26. The topological polar surface area (TPSA) is 38.0 Å². The van der Waals surface area contributed by atoms with E-state index in [0.29, 0.717) is 29.1 Å². The minimum atomic E-state index is -0.382. The van der Waals surface area contributed by atoms with E-state index < -0.39 is 0 Å². The van der Waals surface area contributed by atoms with Crippen LogP contribution in [0.2, 0.25) is 0 Å². The molecule has 1 aromatic carbocycles. The van der Waals surface area contributed by atoms with Crippen LogP contribution in [0.5, 0.6) is 0 Å². The lowest BCUT2D eigenvalue weighted by Gasteiger charge is -2.30. The van der Waals surface area contributed by atoms with Crippen molar-refractivity contribution in [3.63, 3.8) is 0 Å². The molecule has 0 amide bonds. The van der Waals surface area contributed by atoms with Gasteiger partial charge in [-0.3, -0.25) is 0 Å². The largest absolute Gasteiger partial charge is 0.382 e. The molecule has 2 saturated carbocycles. The minimum absolute atomic E-state index is 0.0373. The van der Waals surface area contributed by atoms with Gasteiger partial charge in [-0.15, -0.1) is 0 Å². The molecule has 0 aliphatic heterocycles. The molecule has 0 aromatic heterocycles. The molecule has 2 nitrogen and oxygen atoms in total. The van der Waals surface area contributed by atoms with Crippen LogP contribution in [0.3, 0.4) is 0 Å². The quantitative estimate of drug-likeness (QED) is 0.794. The van der Waals surface area contributed by atoms with Crippen molar-refractivity contribution in [1.82, 2.24) is 0 Å². The van der Waals surface area contributed by atoms with Crippen LogP contribution in [-0.2, 0) is 0 Å². The second-order valence-electron chi connectivity index (χ2n) is 7.91. The van der Waals surface area contributed by atoms with Gasteiger partial charge in [0.05, 0.1) is 0 Å². The Morgan fingerprint density at radius 1 is 0.958 bits per heavy atom. The first-order valence-electron chi connectivity index (χ1n) is 9.52. The molecule has 0 bridgehead atoms. The summed E-state index contributed by atoms with van der Waals surface area (Å²) in [6.07, 6.45) is 8.15. The van der Waals surface area contributed by atoms with E-state index in [-0.39, 0.29) is 17.6 Å². The van der Waals surface area contributed by atoms with Crippen molar-refractivity contribution in [3.8, 4) is 0 Å². The SMILES string of the molecule is CC1CCC(c2c(F)cc(NC3CCC(CN)CC3)cc2F)CC1. The van der Waals surface area contributed by atoms with Gasteiger partial charge < -0.3 is 11.1 Å². The summed E-state index contributed by atoms with van der Waals surface area (Å²) >= 11 is 0. The van der Waals surface area contributed by atoms with E-state index in [9.17, 15) is 8.78 Å². The Morgan fingerprint density at radius 3 is 2.08 bits per heavy atom. The molecule has 3 N–H and O–H groups in total. The number of halogens is 2. The third kappa shape index (κ3) is 4.08. The van der Waals surface area contributed by atoms with Gasteiger partial charge in [-0.1, -0.05) is 19.8 Å². The fourth-order valence-electron chi connectivity index (χ4n) is 4.38. The highest BCUT2D eigenvalue weighted by atomic mass is 19.1. The van der Waals surface area contributed by atoms with Crippen molar-refractivity contribution in [2.75, 3.05) is 11.9 Å². The van der Waals surface area contributed by atoms with Gasteiger partial charge in [0.2, 0.25) is 0 Å². The lowest BCUT2D eigenvalue weighted by molar-refractivity contribution is 0.335. The van der Waals surface area contributed by atoms with Crippen LogP contribution < -0.4 is 11.1 Å². The summed E-state index contributed by atoms with van der Waals surface area (Å²) in [5, 5.41) is 3.32. The molecule has 0 saturated heterocycles. The summed E-state index contributed by atoms with van der Waals surface area (Å²) < 4.78 is 29.1. The molecule has 0 radical (unpaired) electrons. The van der Waals surface area contributed by atoms with Gasteiger partial charge in [-0.25, -0.2) is 8.78 Å². The predicted octanol–water partition coefficient (Wildman–Crippen LogP) is 5.19. The average Bonchev–Trinajstić information content (AvgIpc) is 2.57. The third-order valence-corrected chi connectivity index (χ3v) is 6.05. The van der Waals surface area contributed by atoms with Gasteiger partial charge in [-0.05, 0) is 75.0 Å². The molecule has 24 heavy (non-hydrogen) atoms. The zero-order valence-electron chi connectivity index (χ0n) is 14.7. The van der Waals surface area contributed by atoms with E-state index in [1.54, 1.807) is 0 Å². The second-order valence-corrected chi connectivity index (χ2v) is 7.91. The van der Waals surface area contributed by atoms with Crippen LogP contribution in [0.25, 0.3) is 0 Å². The van der Waals surface area contributed by atoms with Crippen molar-refractivity contribution >= 4 is 5.69 Å². The van der Waals surface area contributed by atoms with E-state index in [1.807, 2.05) is 0 Å². The third-order valence-electron chi connectivity index (χ3n) is 6.05. The number of rotatable bonds is 4. The second kappa shape index (κ2) is 7.81. The zero-order chi connectivity index (χ0) is 17.1. The van der Waals surface area contributed by atoms with Crippen molar-refractivity contribution < 1.29 is 8.78 Å². The lowest BCUT2D eigenvalue weighted by Crippen LogP contribution is -2.29. The van der Waals surface area contributed by atoms with Gasteiger partial charge in [-0.2, -0.15) is 0 Å². The molecule has 2 aliphatic rings. The Kier molecular flexibility index (Phi) is 5.75. The summed E-state index contributed by atoms with van der Waals surface area (Å²) in [7, 11) is 0. The molecule has 0 atom stereocenters. The Bertz CT molecular complexity index is 522. The summed E-state index contributed by atoms with van der Waals surface area (Å²) in [5.74, 6) is 0.556. The highest BCUT2D eigenvalue weighted by molar-refractivity contribution is 5.48. The van der Waals surface area contributed by atoms with Gasteiger partial charge in [0.1, 0.15) is 11.6 Å². The van der Waals surface area contributed by atoms with Crippen molar-refractivity contribution in [2.24, 2.45) is 17.6 Å². The van der Waals surface area contributed by atoms with Gasteiger partial charge in [0.25, 0.3) is 0 Å². The molecule has 2 fully saturated rings. The van der Waals surface area contributed by atoms with Crippen LogP contribution in [0, 0.1) is 23.5 Å². The smallest absolute Gasteiger partial charge is 0.131 e. The van der Waals surface area contributed by atoms with Crippen LogP contribution in [0.15, 0.2) is 12.1 Å². The standard InChI is InChI=1S/C20H30F2N2/c1-13-2-6-15(7-3-13)20-18(21)10-17(11-19(20)22)24-16-8-4-14(12-23)5-9-16/h10-11,13-16,24H,2-9,12,23H2,1H3. The number of nitrogens with two attached hydrogens (primary N) is 1. The fraction of sp³-hybridized carbons (Fsp3) is 0.700. The molecular formula is C20H30F2N2. The molecular weight excluding hydrogens is 306 g/mol. The van der Waals surface area contributed by atoms with E-state index in [0.717, 1.165) is 57.9 Å². The first-order valence-corrected chi connectivity index (χ1v) is 9.52. The van der Waals surface area contributed by atoms with Gasteiger partial charge >= 0.3 is 0 Å². The van der Waals surface area contributed by atoms with Crippen LogP contribution >= 0.6 is 0 Å². The highest BCUT2D eigenvalue weighted by Crippen LogP contribution is 2.38. The number of nitrogens with one attached hydrogen (secondary N) is 1. The normalized spacial score (nSPS) is 31.0. The summed E-state index contributed by atoms with van der Waals surface area (Å²) in [6.45, 7) is 2.96. The van der Waals surface area contributed by atoms with Gasteiger partial charge in [0.15, 0.2) is 0 Å². The monoisotopic (exact) mass is 336 g/mol. The minimum Gasteiger partial charge on any atom is -0.382 e. The number of benzene rings is 1. The van der Waals surface area contributed by atoms with E-state index >= 15 is 0 Å². The number of hydrogen-bond donors (Lipinski definition) is 2. The number of anilines is 1. The van der Waals surface area contributed by atoms with Crippen LogP contribution in [-0.4, -0.2) is 12.6 Å². The molecule has 0 unspecified atom stereocenters. The predicted molar refractivity (Wildman–Crippen MR) is 95.2 cm³/mol. The Morgan fingerprint density at radius 2 is 1.54 bits per heavy atom. The maximum absolute atomic E-state index is 14.6. The first-order chi connectivity index (χ1) is 11.6. The van der Waals surface area contributed by atoms with E-state index in [2.05, 4.69) is 12.2 Å². The molecule has 3 rings (SSSR count). The van der Waals surface area contributed by atoms with E-state index in [1.165, 1.54) is 12.1 Å². The Balaban J connectivity index is 1.66. The lowest BCUT2D eigenvalue weighted by atomic mass is 9.79. The van der Waals surface area contributed by atoms with Crippen molar-refractivity contribution in [3.05, 3.63) is 29.3 Å².